The smallest absolute Gasteiger partial charge is 0.118 e. The van der Waals surface area contributed by atoms with Gasteiger partial charge in [0, 0.05) is 47.4 Å². The Labute approximate surface area is 176 Å². The van der Waals surface area contributed by atoms with Gasteiger partial charge in [-0.1, -0.05) is 30.3 Å². The lowest BCUT2D eigenvalue weighted by atomic mass is 9.96. The summed E-state index contributed by atoms with van der Waals surface area (Å²) in [4.78, 5) is 8.81. The first kappa shape index (κ1) is 20.6. The van der Waals surface area contributed by atoms with E-state index < -0.39 is 5.67 Å². The Morgan fingerprint density at radius 1 is 1.13 bits per heavy atom. The number of aliphatic hydroxyl groups is 1. The molecule has 4 nitrogen and oxygen atoms in total. The average Bonchev–Trinajstić information content (AvgIpc) is 3.31. The van der Waals surface area contributed by atoms with E-state index in [1.165, 1.54) is 27.5 Å². The van der Waals surface area contributed by atoms with Crippen LogP contribution >= 0.6 is 0 Å². The van der Waals surface area contributed by atoms with Crippen molar-refractivity contribution in [1.29, 1.82) is 0 Å². The zero-order valence-electron chi connectivity index (χ0n) is 17.9. The van der Waals surface area contributed by atoms with Crippen LogP contribution < -0.4 is 0 Å². The van der Waals surface area contributed by atoms with Gasteiger partial charge in [0.15, 0.2) is 0 Å². The molecule has 2 aromatic carbocycles. The average molecular weight is 408 g/mol. The van der Waals surface area contributed by atoms with Crippen molar-refractivity contribution >= 4 is 21.8 Å². The Bertz CT molecular complexity index is 1140. The van der Waals surface area contributed by atoms with E-state index in [0.29, 0.717) is 12.6 Å². The zero-order valence-corrected chi connectivity index (χ0v) is 17.9. The van der Waals surface area contributed by atoms with Gasteiger partial charge in [0.05, 0.1) is 6.61 Å². The number of aromatic amines is 2. The Hall–Kier alpha value is -2.63. The van der Waals surface area contributed by atoms with Crippen molar-refractivity contribution in [1.82, 2.24) is 14.9 Å². The maximum atomic E-state index is 13.9. The normalized spacial score (nSPS) is 17.0. The quantitative estimate of drug-likeness (QED) is 0.430. The lowest BCUT2D eigenvalue weighted by Gasteiger charge is -2.36. The molecule has 0 bridgehead atoms. The van der Waals surface area contributed by atoms with Gasteiger partial charge in [-0.2, -0.15) is 0 Å². The highest BCUT2D eigenvalue weighted by atomic mass is 19.1. The van der Waals surface area contributed by atoms with Crippen molar-refractivity contribution in [2.45, 2.75) is 52.1 Å². The third-order valence-corrected chi connectivity index (χ3v) is 5.77. The van der Waals surface area contributed by atoms with E-state index in [1.807, 2.05) is 30.5 Å². The van der Waals surface area contributed by atoms with Gasteiger partial charge in [-0.3, -0.25) is 4.90 Å². The number of nitrogens with one attached hydrogen (secondary N) is 2. The lowest BCUT2D eigenvalue weighted by molar-refractivity contribution is 0.0853. The standard InChI is InChI=1S/C16H21FN2.C9H9NO/c1-11-8-13-12-6-4-5-7-14(12)18-15(13)9-19(11)10-16(2,3)17;11-6-7-1-2-8-3-4-10-9(8)5-7/h4-7,11,18H,8-10H2,1-3H3;1-5,10-11H,6H2. The second-order valence-electron chi connectivity index (χ2n) is 8.86. The molecule has 0 saturated carbocycles. The predicted octanol–water partition coefficient (Wildman–Crippen LogP) is 5.32. The predicted molar refractivity (Wildman–Crippen MR) is 121 cm³/mol. The number of alkyl halides is 1. The molecular weight excluding hydrogens is 377 g/mol. The molecule has 4 aromatic rings. The molecule has 1 atom stereocenters. The minimum atomic E-state index is -1.14. The second-order valence-corrected chi connectivity index (χ2v) is 8.86. The highest BCUT2D eigenvalue weighted by Gasteiger charge is 2.30. The molecule has 2 aromatic heterocycles. The van der Waals surface area contributed by atoms with Crippen molar-refractivity contribution in [3.63, 3.8) is 0 Å². The molecule has 5 heteroatoms. The topological polar surface area (TPSA) is 55.1 Å². The Morgan fingerprint density at radius 3 is 2.70 bits per heavy atom. The SMILES string of the molecule is CC1Cc2c([nH]c3ccccc23)CN1CC(C)(C)F.OCc1ccc2cc[nH]c2c1. The summed E-state index contributed by atoms with van der Waals surface area (Å²) in [5.41, 5.74) is 4.75. The van der Waals surface area contributed by atoms with Crippen LogP contribution in [0.5, 0.6) is 0 Å². The van der Waals surface area contributed by atoms with E-state index in [9.17, 15) is 4.39 Å². The van der Waals surface area contributed by atoms with Crippen molar-refractivity contribution in [2.75, 3.05) is 6.54 Å². The Kier molecular flexibility index (Phi) is 5.67. The summed E-state index contributed by atoms with van der Waals surface area (Å²) in [6, 6.07) is 16.7. The summed E-state index contributed by atoms with van der Waals surface area (Å²) in [5.74, 6) is 0. The van der Waals surface area contributed by atoms with E-state index in [2.05, 4.69) is 46.1 Å². The van der Waals surface area contributed by atoms with Crippen LogP contribution in [-0.2, 0) is 19.6 Å². The number of para-hydroxylation sites is 1. The second kappa shape index (κ2) is 8.25. The molecule has 5 rings (SSSR count). The maximum Gasteiger partial charge on any atom is 0.118 e. The molecule has 0 amide bonds. The van der Waals surface area contributed by atoms with Crippen molar-refractivity contribution in [3.05, 3.63) is 71.5 Å². The van der Waals surface area contributed by atoms with Gasteiger partial charge in [0.25, 0.3) is 0 Å². The third-order valence-electron chi connectivity index (χ3n) is 5.77. The Balaban J connectivity index is 0.000000168. The molecule has 3 N–H and O–H groups in total. The molecular formula is C25H30FN3O. The largest absolute Gasteiger partial charge is 0.392 e. The van der Waals surface area contributed by atoms with Crippen molar-refractivity contribution in [2.24, 2.45) is 0 Å². The van der Waals surface area contributed by atoms with Gasteiger partial charge in [-0.25, -0.2) is 4.39 Å². The number of benzene rings is 2. The zero-order chi connectivity index (χ0) is 21.3. The molecule has 0 saturated heterocycles. The number of halogens is 1. The van der Waals surface area contributed by atoms with Crippen LogP contribution in [0.4, 0.5) is 4.39 Å². The number of fused-ring (bicyclic) bond motifs is 4. The molecule has 158 valence electrons. The van der Waals surface area contributed by atoms with Gasteiger partial charge >= 0.3 is 0 Å². The first-order chi connectivity index (χ1) is 14.3. The van der Waals surface area contributed by atoms with E-state index >= 15 is 0 Å². The highest BCUT2D eigenvalue weighted by molar-refractivity contribution is 5.85. The number of hydrogen-bond acceptors (Lipinski definition) is 2. The van der Waals surface area contributed by atoms with Crippen molar-refractivity contribution in [3.8, 4) is 0 Å². The fourth-order valence-corrected chi connectivity index (χ4v) is 4.30. The first-order valence-electron chi connectivity index (χ1n) is 10.5. The number of rotatable bonds is 3. The summed E-state index contributed by atoms with van der Waals surface area (Å²) in [7, 11) is 0. The summed E-state index contributed by atoms with van der Waals surface area (Å²) >= 11 is 0. The maximum absolute atomic E-state index is 13.9. The summed E-state index contributed by atoms with van der Waals surface area (Å²) < 4.78 is 13.9. The van der Waals surface area contributed by atoms with Crippen LogP contribution in [0.2, 0.25) is 0 Å². The molecule has 1 unspecified atom stereocenters. The minimum absolute atomic E-state index is 0.106. The number of H-pyrrole nitrogens is 2. The van der Waals surface area contributed by atoms with E-state index in [-0.39, 0.29) is 6.61 Å². The molecule has 0 radical (unpaired) electrons. The molecule has 0 aliphatic carbocycles. The number of aromatic nitrogens is 2. The fraction of sp³-hybridized carbons (Fsp3) is 0.360. The highest BCUT2D eigenvalue weighted by Crippen LogP contribution is 2.31. The van der Waals surface area contributed by atoms with Gasteiger partial charge in [-0.05, 0) is 61.9 Å². The molecule has 0 spiro atoms. The minimum Gasteiger partial charge on any atom is -0.392 e. The van der Waals surface area contributed by atoms with E-state index in [0.717, 1.165) is 24.0 Å². The molecule has 0 fully saturated rings. The number of aliphatic hydroxyl groups excluding tert-OH is 1. The van der Waals surface area contributed by atoms with Crippen LogP contribution in [0.25, 0.3) is 21.8 Å². The number of nitrogens with zero attached hydrogens (tertiary/aromatic N) is 1. The third kappa shape index (κ3) is 4.42. The number of hydrogen-bond donors (Lipinski definition) is 3. The first-order valence-corrected chi connectivity index (χ1v) is 10.5. The molecule has 1 aliphatic heterocycles. The monoisotopic (exact) mass is 407 g/mol. The Morgan fingerprint density at radius 2 is 1.93 bits per heavy atom. The van der Waals surface area contributed by atoms with Gasteiger partial charge in [0.1, 0.15) is 5.67 Å². The van der Waals surface area contributed by atoms with Crippen LogP contribution in [0.3, 0.4) is 0 Å². The molecule has 30 heavy (non-hydrogen) atoms. The van der Waals surface area contributed by atoms with Gasteiger partial charge < -0.3 is 15.1 Å². The fourth-order valence-electron chi connectivity index (χ4n) is 4.30. The molecule has 1 aliphatic rings. The van der Waals surface area contributed by atoms with E-state index in [1.54, 1.807) is 13.8 Å². The van der Waals surface area contributed by atoms with Gasteiger partial charge in [0.2, 0.25) is 0 Å². The lowest BCUT2D eigenvalue weighted by Crippen LogP contribution is -2.44. The van der Waals surface area contributed by atoms with Crippen molar-refractivity contribution < 1.29 is 9.50 Å². The van der Waals surface area contributed by atoms with E-state index in [4.69, 9.17) is 5.11 Å². The summed E-state index contributed by atoms with van der Waals surface area (Å²) in [6.45, 7) is 6.91. The van der Waals surface area contributed by atoms with Crippen LogP contribution in [0.15, 0.2) is 54.7 Å². The van der Waals surface area contributed by atoms with Crippen LogP contribution in [0.1, 0.15) is 37.6 Å². The van der Waals surface area contributed by atoms with Gasteiger partial charge in [-0.15, -0.1) is 0 Å². The summed E-state index contributed by atoms with van der Waals surface area (Å²) in [5, 5.41) is 11.3. The molecule has 3 heterocycles. The van der Waals surface area contributed by atoms with Crippen LogP contribution in [-0.4, -0.2) is 38.2 Å². The summed E-state index contributed by atoms with van der Waals surface area (Å²) in [6.07, 6.45) is 2.89. The van der Waals surface area contributed by atoms with Crippen LogP contribution in [0, 0.1) is 0 Å².